The van der Waals surface area contributed by atoms with Gasteiger partial charge in [0.1, 0.15) is 6.04 Å². The molecule has 0 spiro atoms. The van der Waals surface area contributed by atoms with E-state index < -0.39 is 17.7 Å². The summed E-state index contributed by atoms with van der Waals surface area (Å²) >= 11 is 0. The maximum Gasteiger partial charge on any atom is 0.332 e. The number of carboxylic acids is 1. The highest BCUT2D eigenvalue weighted by atomic mass is 16.4. The quantitative estimate of drug-likeness (QED) is 0.910. The molecule has 0 saturated carbocycles. The Morgan fingerprint density at radius 3 is 2.45 bits per heavy atom. The Labute approximate surface area is 114 Å². The van der Waals surface area contributed by atoms with Crippen molar-refractivity contribution in [3.05, 3.63) is 45.1 Å². The average Bonchev–Trinajstić information content (AvgIpc) is 2.43. The maximum atomic E-state index is 12.4. The number of carbonyl (C=O) groups is 1. The van der Waals surface area contributed by atoms with E-state index >= 15 is 0 Å². The van der Waals surface area contributed by atoms with Crippen molar-refractivity contribution in [3.63, 3.8) is 0 Å². The van der Waals surface area contributed by atoms with Crippen LogP contribution in [0.4, 0.5) is 0 Å². The molecule has 6 nitrogen and oxygen atoms in total. The number of hydrogen-bond donors (Lipinski definition) is 1. The van der Waals surface area contributed by atoms with Gasteiger partial charge in [-0.25, -0.2) is 9.59 Å². The number of rotatable bonds is 4. The molecular weight excluding hydrogens is 260 g/mol. The summed E-state index contributed by atoms with van der Waals surface area (Å²) in [6.45, 7) is 3.59. The number of fused-ring (bicyclic) bond motifs is 1. The van der Waals surface area contributed by atoms with E-state index in [1.807, 2.05) is 0 Å². The van der Waals surface area contributed by atoms with Crippen LogP contribution in [-0.4, -0.2) is 20.2 Å². The number of benzene rings is 1. The minimum atomic E-state index is -1.08. The van der Waals surface area contributed by atoms with E-state index in [2.05, 4.69) is 0 Å². The summed E-state index contributed by atoms with van der Waals surface area (Å²) in [6, 6.07) is 5.60. The topological polar surface area (TPSA) is 81.3 Å². The molecule has 2 rings (SSSR count). The summed E-state index contributed by atoms with van der Waals surface area (Å²) in [5.41, 5.74) is -0.600. The van der Waals surface area contributed by atoms with Crippen molar-refractivity contribution in [1.29, 1.82) is 0 Å². The fourth-order valence-electron chi connectivity index (χ4n) is 2.38. The molecule has 1 heterocycles. The first kappa shape index (κ1) is 14.0. The van der Waals surface area contributed by atoms with Crippen LogP contribution in [0.3, 0.4) is 0 Å². The molecule has 106 valence electrons. The molecule has 0 radical (unpaired) electrons. The van der Waals surface area contributed by atoms with Gasteiger partial charge in [-0.3, -0.25) is 13.9 Å². The first-order valence-corrected chi connectivity index (χ1v) is 6.49. The van der Waals surface area contributed by atoms with Crippen LogP contribution in [0.1, 0.15) is 26.3 Å². The molecule has 1 aromatic heterocycles. The van der Waals surface area contributed by atoms with Crippen molar-refractivity contribution < 1.29 is 9.90 Å². The van der Waals surface area contributed by atoms with E-state index in [0.717, 1.165) is 4.57 Å². The molecule has 1 unspecified atom stereocenters. The molecule has 0 bridgehead atoms. The van der Waals surface area contributed by atoms with Gasteiger partial charge in [-0.05, 0) is 25.5 Å². The van der Waals surface area contributed by atoms with Crippen LogP contribution in [0.5, 0.6) is 0 Å². The minimum absolute atomic E-state index is 0.207. The Hall–Kier alpha value is -2.37. The summed E-state index contributed by atoms with van der Waals surface area (Å²) < 4.78 is 2.26. The predicted octanol–water partition coefficient (Wildman–Crippen LogP) is 1.22. The minimum Gasteiger partial charge on any atom is -0.480 e. The fourth-order valence-corrected chi connectivity index (χ4v) is 2.38. The first-order chi connectivity index (χ1) is 9.52. The molecule has 2 aromatic rings. The van der Waals surface area contributed by atoms with Crippen molar-refractivity contribution in [2.24, 2.45) is 0 Å². The SMILES string of the molecule is CCC(C(=O)O)n1c(=O)n(CC)c(=O)c2ccccc21. The number of para-hydroxylation sites is 1. The largest absolute Gasteiger partial charge is 0.480 e. The predicted molar refractivity (Wildman–Crippen MR) is 75.1 cm³/mol. The smallest absolute Gasteiger partial charge is 0.332 e. The van der Waals surface area contributed by atoms with E-state index in [0.29, 0.717) is 10.9 Å². The molecule has 0 saturated heterocycles. The fraction of sp³-hybridized carbons (Fsp3) is 0.357. The van der Waals surface area contributed by atoms with Crippen LogP contribution in [0.25, 0.3) is 10.9 Å². The van der Waals surface area contributed by atoms with E-state index in [4.69, 9.17) is 0 Å². The van der Waals surface area contributed by atoms with Gasteiger partial charge in [-0.2, -0.15) is 0 Å². The van der Waals surface area contributed by atoms with Gasteiger partial charge >= 0.3 is 11.7 Å². The van der Waals surface area contributed by atoms with E-state index in [1.54, 1.807) is 38.1 Å². The third-order valence-corrected chi connectivity index (χ3v) is 3.38. The van der Waals surface area contributed by atoms with Crippen LogP contribution >= 0.6 is 0 Å². The second-order valence-corrected chi connectivity index (χ2v) is 4.48. The molecule has 0 aliphatic rings. The molecule has 0 fully saturated rings. The molecule has 1 atom stereocenters. The average molecular weight is 276 g/mol. The number of carboxylic acid groups (broad SMARTS) is 1. The molecular formula is C14H16N2O4. The normalized spacial score (nSPS) is 12.5. The van der Waals surface area contributed by atoms with Crippen LogP contribution in [0, 0.1) is 0 Å². The van der Waals surface area contributed by atoms with Crippen molar-refractivity contribution >= 4 is 16.9 Å². The van der Waals surface area contributed by atoms with Gasteiger partial charge in [0.15, 0.2) is 0 Å². The summed E-state index contributed by atoms with van der Waals surface area (Å²) in [5, 5.41) is 9.65. The molecule has 1 N–H and O–H groups in total. The Kier molecular flexibility index (Phi) is 3.74. The van der Waals surface area contributed by atoms with Gasteiger partial charge in [-0.15, -0.1) is 0 Å². The lowest BCUT2D eigenvalue weighted by atomic mass is 10.2. The highest BCUT2D eigenvalue weighted by Gasteiger charge is 2.23. The molecule has 0 aliphatic heterocycles. The van der Waals surface area contributed by atoms with Crippen molar-refractivity contribution in [1.82, 2.24) is 9.13 Å². The lowest BCUT2D eigenvalue weighted by Crippen LogP contribution is -2.42. The second-order valence-electron chi connectivity index (χ2n) is 4.48. The number of nitrogens with zero attached hydrogens (tertiary/aromatic N) is 2. The van der Waals surface area contributed by atoms with Crippen LogP contribution in [-0.2, 0) is 11.3 Å². The zero-order chi connectivity index (χ0) is 14.9. The van der Waals surface area contributed by atoms with Crippen LogP contribution in [0.2, 0.25) is 0 Å². The van der Waals surface area contributed by atoms with Crippen LogP contribution < -0.4 is 11.2 Å². The lowest BCUT2D eigenvalue weighted by Gasteiger charge is -2.18. The highest BCUT2D eigenvalue weighted by Crippen LogP contribution is 2.16. The van der Waals surface area contributed by atoms with Gasteiger partial charge in [0.2, 0.25) is 0 Å². The third-order valence-electron chi connectivity index (χ3n) is 3.38. The molecule has 6 heteroatoms. The van der Waals surface area contributed by atoms with Crippen molar-refractivity contribution in [3.8, 4) is 0 Å². The van der Waals surface area contributed by atoms with Gasteiger partial charge in [-0.1, -0.05) is 19.1 Å². The van der Waals surface area contributed by atoms with Crippen LogP contribution in [0.15, 0.2) is 33.9 Å². The molecule has 0 amide bonds. The van der Waals surface area contributed by atoms with Gasteiger partial charge in [0.05, 0.1) is 10.9 Å². The lowest BCUT2D eigenvalue weighted by molar-refractivity contribution is -0.141. The molecule has 1 aromatic carbocycles. The van der Waals surface area contributed by atoms with E-state index in [9.17, 15) is 19.5 Å². The second kappa shape index (κ2) is 5.32. The Morgan fingerprint density at radius 1 is 1.25 bits per heavy atom. The summed E-state index contributed by atoms with van der Waals surface area (Å²) in [6.07, 6.45) is 0.265. The zero-order valence-electron chi connectivity index (χ0n) is 11.4. The van der Waals surface area contributed by atoms with Gasteiger partial charge < -0.3 is 5.11 Å². The van der Waals surface area contributed by atoms with Gasteiger partial charge in [0, 0.05) is 6.54 Å². The monoisotopic (exact) mass is 276 g/mol. The summed E-state index contributed by atoms with van der Waals surface area (Å²) in [7, 11) is 0. The summed E-state index contributed by atoms with van der Waals surface area (Å²) in [5.74, 6) is -1.08. The third kappa shape index (κ3) is 2.03. The van der Waals surface area contributed by atoms with Gasteiger partial charge in [0.25, 0.3) is 5.56 Å². The van der Waals surface area contributed by atoms with Crippen molar-refractivity contribution in [2.75, 3.05) is 0 Å². The number of aliphatic carboxylic acids is 1. The zero-order valence-corrected chi connectivity index (χ0v) is 11.4. The van der Waals surface area contributed by atoms with Crippen molar-refractivity contribution in [2.45, 2.75) is 32.9 Å². The van der Waals surface area contributed by atoms with E-state index in [-0.39, 0.29) is 18.5 Å². The molecule has 20 heavy (non-hydrogen) atoms. The summed E-state index contributed by atoms with van der Waals surface area (Å²) in [4.78, 5) is 36.0. The Balaban J connectivity index is 2.99. The standard InChI is InChI=1S/C14H16N2O4/c1-3-10(13(18)19)16-11-8-6-5-7-9(11)12(17)15(4-2)14(16)20/h5-8,10H,3-4H2,1-2H3,(H,18,19). The van der Waals surface area contributed by atoms with E-state index in [1.165, 1.54) is 4.57 Å². The first-order valence-electron chi connectivity index (χ1n) is 6.49. The Morgan fingerprint density at radius 2 is 1.90 bits per heavy atom. The number of hydrogen-bond acceptors (Lipinski definition) is 3. The number of aromatic nitrogens is 2. The molecule has 0 aliphatic carbocycles. The Bertz CT molecular complexity index is 773. The highest BCUT2D eigenvalue weighted by molar-refractivity contribution is 5.81. The maximum absolute atomic E-state index is 12.4.